The molecule has 0 aliphatic heterocycles. The third-order valence-electron chi connectivity index (χ3n) is 2.10. The predicted molar refractivity (Wildman–Crippen MR) is 56.6 cm³/mol. The summed E-state index contributed by atoms with van der Waals surface area (Å²) in [4.78, 5) is 0. The zero-order chi connectivity index (χ0) is 9.80. The van der Waals surface area contributed by atoms with Gasteiger partial charge in [0.25, 0.3) is 0 Å². The van der Waals surface area contributed by atoms with Crippen LogP contribution in [0.3, 0.4) is 0 Å². The standard InChI is InChI=1S/C13H12/c1-11-7-5-6-10-13(11)12-8-3-2-4-9-12/h2-10H,1H3/i1D. The summed E-state index contributed by atoms with van der Waals surface area (Å²) in [5, 5.41) is 0. The van der Waals surface area contributed by atoms with Crippen molar-refractivity contribution in [2.45, 2.75) is 6.90 Å². The maximum atomic E-state index is 7.43. The summed E-state index contributed by atoms with van der Waals surface area (Å²) in [7, 11) is 0. The Morgan fingerprint density at radius 2 is 1.54 bits per heavy atom. The van der Waals surface area contributed by atoms with Gasteiger partial charge in [-0.15, -0.1) is 0 Å². The van der Waals surface area contributed by atoms with Crippen molar-refractivity contribution in [2.75, 3.05) is 0 Å². The Bertz CT molecular complexity index is 407. The summed E-state index contributed by atoms with van der Waals surface area (Å²) >= 11 is 0. The summed E-state index contributed by atoms with van der Waals surface area (Å²) in [5.41, 5.74) is 3.44. The van der Waals surface area contributed by atoms with Gasteiger partial charge in [-0.3, -0.25) is 0 Å². The minimum Gasteiger partial charge on any atom is -0.0622 e. The van der Waals surface area contributed by atoms with E-state index in [2.05, 4.69) is 18.2 Å². The molecule has 0 spiro atoms. The van der Waals surface area contributed by atoms with Gasteiger partial charge >= 0.3 is 0 Å². The first-order valence-corrected chi connectivity index (χ1v) is 4.34. The van der Waals surface area contributed by atoms with Crippen LogP contribution in [0.2, 0.25) is 0 Å². The molecule has 0 aromatic heterocycles. The van der Waals surface area contributed by atoms with E-state index >= 15 is 0 Å². The summed E-state index contributed by atoms with van der Waals surface area (Å²) in [6, 6.07) is 18.3. The molecule has 2 rings (SSSR count). The fourth-order valence-electron chi connectivity index (χ4n) is 1.42. The number of benzene rings is 2. The van der Waals surface area contributed by atoms with E-state index in [1.54, 1.807) is 0 Å². The third kappa shape index (κ3) is 1.62. The zero-order valence-electron chi connectivity index (χ0n) is 8.40. The van der Waals surface area contributed by atoms with E-state index in [9.17, 15) is 0 Å². The average molecular weight is 169 g/mol. The van der Waals surface area contributed by atoms with Gasteiger partial charge in [0.1, 0.15) is 0 Å². The third-order valence-corrected chi connectivity index (χ3v) is 2.10. The van der Waals surface area contributed by atoms with Gasteiger partial charge in [-0.05, 0) is 23.6 Å². The van der Waals surface area contributed by atoms with Crippen molar-refractivity contribution in [3.05, 3.63) is 60.2 Å². The zero-order valence-corrected chi connectivity index (χ0v) is 7.40. The smallest absolute Gasteiger partial charge is 0.0280 e. The van der Waals surface area contributed by atoms with Crippen LogP contribution in [0.5, 0.6) is 0 Å². The minimum atomic E-state index is 0.338. The summed E-state index contributed by atoms with van der Waals surface area (Å²) in [6.07, 6.45) is 0. The fraction of sp³-hybridized carbons (Fsp3) is 0.0769. The Morgan fingerprint density at radius 1 is 0.846 bits per heavy atom. The van der Waals surface area contributed by atoms with Gasteiger partial charge in [0, 0.05) is 1.37 Å². The van der Waals surface area contributed by atoms with E-state index in [0.717, 1.165) is 5.56 Å². The van der Waals surface area contributed by atoms with Crippen molar-refractivity contribution in [3.8, 4) is 11.1 Å². The SMILES string of the molecule is [2H]Cc1ccccc1-c1ccccc1. The molecule has 0 bridgehead atoms. The minimum absolute atomic E-state index is 0.338. The first-order chi connectivity index (χ1) is 6.92. The predicted octanol–water partition coefficient (Wildman–Crippen LogP) is 3.66. The molecule has 13 heavy (non-hydrogen) atoms. The van der Waals surface area contributed by atoms with Crippen molar-refractivity contribution in [2.24, 2.45) is 0 Å². The Balaban J connectivity index is 2.51. The van der Waals surface area contributed by atoms with Gasteiger partial charge in [-0.2, -0.15) is 0 Å². The molecule has 0 saturated carbocycles. The van der Waals surface area contributed by atoms with Crippen LogP contribution in [-0.2, 0) is 0 Å². The normalized spacial score (nSPS) is 10.9. The monoisotopic (exact) mass is 169 g/mol. The molecular formula is C13H12. The van der Waals surface area contributed by atoms with Crippen molar-refractivity contribution in [3.63, 3.8) is 0 Å². The number of hydrogen-bond donors (Lipinski definition) is 0. The molecule has 0 heterocycles. The van der Waals surface area contributed by atoms with Crippen LogP contribution in [0.25, 0.3) is 11.1 Å². The van der Waals surface area contributed by atoms with Crippen LogP contribution in [0, 0.1) is 6.90 Å². The molecule has 0 radical (unpaired) electrons. The number of aryl methyl sites for hydroxylation is 1. The van der Waals surface area contributed by atoms with E-state index < -0.39 is 0 Å². The molecule has 0 aliphatic carbocycles. The van der Waals surface area contributed by atoms with Crippen LogP contribution in [0.4, 0.5) is 0 Å². The van der Waals surface area contributed by atoms with Gasteiger partial charge in [0.15, 0.2) is 0 Å². The van der Waals surface area contributed by atoms with Gasteiger partial charge in [-0.1, -0.05) is 54.6 Å². The molecule has 0 unspecified atom stereocenters. The van der Waals surface area contributed by atoms with Crippen molar-refractivity contribution in [1.82, 2.24) is 0 Å². The first kappa shape index (κ1) is 6.90. The second-order valence-corrected chi connectivity index (χ2v) is 3.02. The molecule has 0 atom stereocenters. The van der Waals surface area contributed by atoms with Crippen molar-refractivity contribution >= 4 is 0 Å². The molecule has 0 nitrogen and oxygen atoms in total. The molecule has 64 valence electrons. The van der Waals surface area contributed by atoms with Crippen LogP contribution >= 0.6 is 0 Å². The topological polar surface area (TPSA) is 0 Å². The van der Waals surface area contributed by atoms with E-state index in [1.807, 2.05) is 36.4 Å². The molecule has 0 aliphatic rings. The lowest BCUT2D eigenvalue weighted by atomic mass is 10.0. The Labute approximate surface area is 80.3 Å². The van der Waals surface area contributed by atoms with Crippen LogP contribution in [0.15, 0.2) is 54.6 Å². The lowest BCUT2D eigenvalue weighted by molar-refractivity contribution is 1.46. The number of rotatable bonds is 1. The molecule has 0 fully saturated rings. The second kappa shape index (κ2) is 3.44. The highest BCUT2D eigenvalue weighted by Gasteiger charge is 1.97. The molecule has 0 saturated heterocycles. The van der Waals surface area contributed by atoms with Crippen LogP contribution < -0.4 is 0 Å². The highest BCUT2D eigenvalue weighted by molar-refractivity contribution is 5.66. The lowest BCUT2D eigenvalue weighted by Gasteiger charge is -2.04. The molecule has 2 aromatic carbocycles. The molecule has 2 aromatic rings. The first-order valence-electron chi connectivity index (χ1n) is 5.05. The maximum Gasteiger partial charge on any atom is 0.0280 e. The van der Waals surface area contributed by atoms with Crippen molar-refractivity contribution in [1.29, 1.82) is 0 Å². The highest BCUT2D eigenvalue weighted by Crippen LogP contribution is 2.21. The Hall–Kier alpha value is -1.56. The van der Waals surface area contributed by atoms with E-state index in [0.29, 0.717) is 6.90 Å². The van der Waals surface area contributed by atoms with Crippen LogP contribution in [-0.4, -0.2) is 0 Å². The van der Waals surface area contributed by atoms with Gasteiger partial charge in [0.2, 0.25) is 0 Å². The van der Waals surface area contributed by atoms with E-state index in [-0.39, 0.29) is 0 Å². The summed E-state index contributed by atoms with van der Waals surface area (Å²) < 4.78 is 7.43. The molecule has 0 heteroatoms. The maximum absolute atomic E-state index is 7.43. The quantitative estimate of drug-likeness (QED) is 0.611. The second-order valence-electron chi connectivity index (χ2n) is 3.02. The largest absolute Gasteiger partial charge is 0.0622 e. The van der Waals surface area contributed by atoms with E-state index in [1.165, 1.54) is 11.1 Å². The van der Waals surface area contributed by atoms with Crippen molar-refractivity contribution < 1.29 is 1.37 Å². The lowest BCUT2D eigenvalue weighted by Crippen LogP contribution is -1.80. The molecular weight excluding hydrogens is 156 g/mol. The average Bonchev–Trinajstić information content (AvgIpc) is 2.30. The highest BCUT2D eigenvalue weighted by atomic mass is 14.0. The number of hydrogen-bond acceptors (Lipinski definition) is 0. The van der Waals surface area contributed by atoms with Gasteiger partial charge < -0.3 is 0 Å². The van der Waals surface area contributed by atoms with Gasteiger partial charge in [0.05, 0.1) is 0 Å². The summed E-state index contributed by atoms with van der Waals surface area (Å²) in [5.74, 6) is 0. The van der Waals surface area contributed by atoms with Gasteiger partial charge in [-0.25, -0.2) is 0 Å². The molecule has 0 N–H and O–H groups in total. The Morgan fingerprint density at radius 3 is 2.31 bits per heavy atom. The summed E-state index contributed by atoms with van der Waals surface area (Å²) in [6.45, 7) is 0.338. The van der Waals surface area contributed by atoms with Crippen LogP contribution in [0.1, 0.15) is 6.93 Å². The Kier molecular flexibility index (Phi) is 1.83. The van der Waals surface area contributed by atoms with E-state index in [4.69, 9.17) is 1.37 Å². The molecule has 0 amide bonds. The fourth-order valence-corrected chi connectivity index (χ4v) is 1.42.